The maximum atomic E-state index is 12.5. The molecular weight excluding hydrogens is 398 g/mol. The number of hydrogen-bond acceptors (Lipinski definition) is 5. The molecule has 2 aromatic rings. The number of unbranched alkanes of at least 4 members (excludes halogenated alkanes) is 3. The average Bonchev–Trinajstić information content (AvgIpc) is 2.55. The summed E-state index contributed by atoms with van der Waals surface area (Å²) < 4.78 is 54.0. The average molecular weight is 420 g/mol. The minimum atomic E-state index is -3.61. The smallest absolute Gasteiger partial charge is 0.264 e. The SMILES string of the molecule is CS(=O)(=O)OCCCCCCNS(=O)(=O)c1cccc2cc(Cl)ccc12. The Bertz CT molecular complexity index is 958. The number of halogens is 1. The first-order valence-corrected chi connectivity index (χ1v) is 11.9. The Balaban J connectivity index is 1.84. The lowest BCUT2D eigenvalue weighted by Gasteiger charge is -2.10. The fourth-order valence-electron chi connectivity index (χ4n) is 2.53. The number of fused-ring (bicyclic) bond motifs is 1. The van der Waals surface area contributed by atoms with Crippen molar-refractivity contribution in [1.82, 2.24) is 4.72 Å². The standard InChI is InChI=1S/C17H22ClNO5S2/c1-25(20,21)24-12-5-3-2-4-11-19-26(22,23)17-8-6-7-14-13-15(18)9-10-16(14)17/h6-10,13,19H,2-5,11-12H2,1H3. The summed E-state index contributed by atoms with van der Waals surface area (Å²) in [5.74, 6) is 0. The molecule has 0 saturated heterocycles. The molecule has 0 radical (unpaired) electrons. The van der Waals surface area contributed by atoms with Crippen molar-refractivity contribution >= 4 is 42.5 Å². The van der Waals surface area contributed by atoms with Gasteiger partial charge in [0.2, 0.25) is 10.0 Å². The van der Waals surface area contributed by atoms with Gasteiger partial charge < -0.3 is 0 Å². The molecule has 0 aliphatic rings. The second-order valence-corrected chi connectivity index (χ2v) is 9.78. The van der Waals surface area contributed by atoms with Gasteiger partial charge in [-0.1, -0.05) is 42.6 Å². The van der Waals surface area contributed by atoms with Crippen molar-refractivity contribution in [2.75, 3.05) is 19.4 Å². The zero-order chi connectivity index (χ0) is 19.2. The summed E-state index contributed by atoms with van der Waals surface area (Å²) in [5, 5.41) is 1.95. The predicted octanol–water partition coefficient (Wildman–Crippen LogP) is 3.31. The molecule has 0 fully saturated rings. The molecule has 0 heterocycles. The maximum absolute atomic E-state index is 12.5. The summed E-state index contributed by atoms with van der Waals surface area (Å²) in [6.07, 6.45) is 3.84. The molecular formula is C17H22ClNO5S2. The van der Waals surface area contributed by atoms with Gasteiger partial charge in [-0.2, -0.15) is 8.42 Å². The molecule has 1 N–H and O–H groups in total. The lowest BCUT2D eigenvalue weighted by Crippen LogP contribution is -2.25. The van der Waals surface area contributed by atoms with E-state index in [4.69, 9.17) is 11.6 Å². The molecule has 0 aromatic heterocycles. The van der Waals surface area contributed by atoms with Gasteiger partial charge in [0.15, 0.2) is 0 Å². The van der Waals surface area contributed by atoms with Gasteiger partial charge in [0, 0.05) is 17.0 Å². The van der Waals surface area contributed by atoms with Crippen LogP contribution in [0.2, 0.25) is 5.02 Å². The zero-order valence-electron chi connectivity index (χ0n) is 14.4. The van der Waals surface area contributed by atoms with Gasteiger partial charge in [-0.15, -0.1) is 0 Å². The Labute approximate surface area is 159 Å². The van der Waals surface area contributed by atoms with Crippen LogP contribution in [0.1, 0.15) is 25.7 Å². The van der Waals surface area contributed by atoms with Crippen LogP contribution in [-0.4, -0.2) is 36.2 Å². The molecule has 6 nitrogen and oxygen atoms in total. The van der Waals surface area contributed by atoms with Crippen molar-refractivity contribution in [3.05, 3.63) is 41.4 Å². The minimum absolute atomic E-state index is 0.156. The second kappa shape index (κ2) is 9.14. The van der Waals surface area contributed by atoms with E-state index in [-0.39, 0.29) is 11.5 Å². The van der Waals surface area contributed by atoms with Gasteiger partial charge in [0.05, 0.1) is 17.8 Å². The molecule has 0 aliphatic heterocycles. The van der Waals surface area contributed by atoms with Crippen molar-refractivity contribution in [3.8, 4) is 0 Å². The highest BCUT2D eigenvalue weighted by molar-refractivity contribution is 7.89. The highest BCUT2D eigenvalue weighted by atomic mass is 35.5. The molecule has 26 heavy (non-hydrogen) atoms. The van der Waals surface area contributed by atoms with Gasteiger partial charge in [-0.3, -0.25) is 4.18 Å². The van der Waals surface area contributed by atoms with Crippen LogP contribution in [0.3, 0.4) is 0 Å². The summed E-state index contributed by atoms with van der Waals surface area (Å²) in [6, 6.07) is 10.2. The van der Waals surface area contributed by atoms with E-state index in [9.17, 15) is 16.8 Å². The molecule has 0 saturated carbocycles. The van der Waals surface area contributed by atoms with Gasteiger partial charge in [0.1, 0.15) is 0 Å². The number of benzene rings is 2. The van der Waals surface area contributed by atoms with E-state index in [1.54, 1.807) is 30.3 Å². The maximum Gasteiger partial charge on any atom is 0.264 e. The van der Waals surface area contributed by atoms with Crippen LogP contribution in [0.4, 0.5) is 0 Å². The van der Waals surface area contributed by atoms with Crippen molar-refractivity contribution in [2.24, 2.45) is 0 Å². The van der Waals surface area contributed by atoms with E-state index in [1.807, 2.05) is 6.07 Å². The van der Waals surface area contributed by atoms with Gasteiger partial charge >= 0.3 is 0 Å². The minimum Gasteiger partial charge on any atom is -0.270 e. The Morgan fingerprint density at radius 2 is 1.73 bits per heavy atom. The number of hydrogen-bond donors (Lipinski definition) is 1. The van der Waals surface area contributed by atoms with Crippen molar-refractivity contribution in [3.63, 3.8) is 0 Å². The van der Waals surface area contributed by atoms with Gasteiger partial charge in [-0.25, -0.2) is 13.1 Å². The Hall–Kier alpha value is -1.19. The molecule has 2 rings (SSSR count). The van der Waals surface area contributed by atoms with E-state index in [0.717, 1.165) is 24.5 Å². The number of rotatable bonds is 10. The zero-order valence-corrected chi connectivity index (χ0v) is 16.8. The third kappa shape index (κ3) is 6.51. The molecule has 0 amide bonds. The van der Waals surface area contributed by atoms with Gasteiger partial charge in [-0.05, 0) is 36.4 Å². The predicted molar refractivity (Wildman–Crippen MR) is 103 cm³/mol. The van der Waals surface area contributed by atoms with E-state index in [0.29, 0.717) is 29.8 Å². The fourth-order valence-corrected chi connectivity index (χ4v) is 4.44. The van der Waals surface area contributed by atoms with Crippen LogP contribution < -0.4 is 4.72 Å². The highest BCUT2D eigenvalue weighted by Gasteiger charge is 2.16. The monoisotopic (exact) mass is 419 g/mol. The first-order chi connectivity index (χ1) is 12.2. The van der Waals surface area contributed by atoms with Crippen LogP contribution in [0, 0.1) is 0 Å². The Morgan fingerprint density at radius 1 is 1.00 bits per heavy atom. The van der Waals surface area contributed by atoms with Crippen LogP contribution in [0.5, 0.6) is 0 Å². The molecule has 0 atom stereocenters. The highest BCUT2D eigenvalue weighted by Crippen LogP contribution is 2.25. The molecule has 0 aliphatic carbocycles. The number of sulfonamides is 1. The first-order valence-electron chi connectivity index (χ1n) is 8.21. The van der Waals surface area contributed by atoms with Crippen LogP contribution in [0.25, 0.3) is 10.8 Å². The second-order valence-electron chi connectivity index (χ2n) is 5.96. The van der Waals surface area contributed by atoms with Gasteiger partial charge in [0.25, 0.3) is 10.1 Å². The fraction of sp³-hybridized carbons (Fsp3) is 0.412. The third-order valence-electron chi connectivity index (χ3n) is 3.75. The largest absolute Gasteiger partial charge is 0.270 e. The molecule has 144 valence electrons. The van der Waals surface area contributed by atoms with Crippen molar-refractivity contribution in [2.45, 2.75) is 30.6 Å². The molecule has 0 spiro atoms. The first kappa shape index (κ1) is 21.1. The van der Waals surface area contributed by atoms with E-state index in [1.165, 1.54) is 0 Å². The summed E-state index contributed by atoms with van der Waals surface area (Å²) in [7, 11) is -7.01. The van der Waals surface area contributed by atoms with E-state index >= 15 is 0 Å². The van der Waals surface area contributed by atoms with Crippen molar-refractivity contribution in [1.29, 1.82) is 0 Å². The number of nitrogens with one attached hydrogen (secondary N) is 1. The summed E-state index contributed by atoms with van der Waals surface area (Å²) >= 11 is 5.96. The molecule has 2 aromatic carbocycles. The molecule has 0 unspecified atom stereocenters. The Kier molecular flexibility index (Phi) is 7.42. The normalized spacial score (nSPS) is 12.5. The summed E-state index contributed by atoms with van der Waals surface area (Å²) in [5.41, 5.74) is 0. The van der Waals surface area contributed by atoms with Crippen LogP contribution >= 0.6 is 11.6 Å². The third-order valence-corrected chi connectivity index (χ3v) is 6.10. The Morgan fingerprint density at radius 3 is 2.46 bits per heavy atom. The van der Waals surface area contributed by atoms with E-state index in [2.05, 4.69) is 8.91 Å². The molecule has 9 heteroatoms. The summed E-state index contributed by atoms with van der Waals surface area (Å²) in [4.78, 5) is 0.230. The van der Waals surface area contributed by atoms with Crippen LogP contribution in [0.15, 0.2) is 41.3 Å². The lowest BCUT2D eigenvalue weighted by atomic mass is 10.1. The van der Waals surface area contributed by atoms with Crippen LogP contribution in [-0.2, 0) is 24.3 Å². The topological polar surface area (TPSA) is 89.5 Å². The van der Waals surface area contributed by atoms with E-state index < -0.39 is 20.1 Å². The molecule has 0 bridgehead atoms. The summed E-state index contributed by atoms with van der Waals surface area (Å²) in [6.45, 7) is 0.475. The quantitative estimate of drug-likeness (QED) is 0.471. The lowest BCUT2D eigenvalue weighted by molar-refractivity contribution is 0.310. The van der Waals surface area contributed by atoms with Crippen molar-refractivity contribution < 1.29 is 21.0 Å².